The highest BCUT2D eigenvalue weighted by atomic mass is 79.9. The lowest BCUT2D eigenvalue weighted by molar-refractivity contribution is 0.476. The minimum Gasteiger partial charge on any atom is -0.455 e. The van der Waals surface area contributed by atoms with E-state index >= 15 is 0 Å². The molecule has 1 aromatic carbocycles. The van der Waals surface area contributed by atoms with E-state index in [1.54, 1.807) is 18.5 Å². The number of halogens is 2. The molecular formula is C12H9BrClNO. The molecule has 0 spiro atoms. The van der Waals surface area contributed by atoms with Gasteiger partial charge in [-0.1, -0.05) is 27.5 Å². The lowest BCUT2D eigenvalue weighted by Crippen LogP contribution is -1.88. The van der Waals surface area contributed by atoms with E-state index in [0.717, 1.165) is 15.8 Å². The molecule has 0 unspecified atom stereocenters. The van der Waals surface area contributed by atoms with Crippen molar-refractivity contribution in [1.82, 2.24) is 4.98 Å². The fraction of sp³-hybridized carbons (Fsp3) is 0.0833. The Hall–Kier alpha value is -1.06. The molecule has 16 heavy (non-hydrogen) atoms. The van der Waals surface area contributed by atoms with Crippen molar-refractivity contribution in [2.75, 3.05) is 0 Å². The fourth-order valence-electron chi connectivity index (χ4n) is 1.27. The van der Waals surface area contributed by atoms with Crippen LogP contribution in [0.15, 0.2) is 41.1 Å². The van der Waals surface area contributed by atoms with Crippen LogP contribution < -0.4 is 4.74 Å². The topological polar surface area (TPSA) is 22.1 Å². The first-order valence-electron chi connectivity index (χ1n) is 4.70. The third kappa shape index (κ3) is 2.74. The highest BCUT2D eigenvalue weighted by molar-refractivity contribution is 9.10. The van der Waals surface area contributed by atoms with Crippen molar-refractivity contribution in [2.45, 2.75) is 6.92 Å². The first-order valence-corrected chi connectivity index (χ1v) is 5.87. The van der Waals surface area contributed by atoms with Gasteiger partial charge in [-0.3, -0.25) is 4.98 Å². The van der Waals surface area contributed by atoms with Crippen molar-refractivity contribution < 1.29 is 4.74 Å². The van der Waals surface area contributed by atoms with Gasteiger partial charge in [0.05, 0.1) is 6.20 Å². The van der Waals surface area contributed by atoms with Gasteiger partial charge >= 0.3 is 0 Å². The Labute approximate surface area is 107 Å². The molecule has 4 heteroatoms. The summed E-state index contributed by atoms with van der Waals surface area (Å²) in [7, 11) is 0. The Morgan fingerprint density at radius 1 is 1.31 bits per heavy atom. The average Bonchev–Trinajstić information content (AvgIpc) is 2.20. The number of pyridine rings is 1. The first kappa shape index (κ1) is 11.4. The smallest absolute Gasteiger partial charge is 0.148 e. The number of hydrogen-bond donors (Lipinski definition) is 0. The summed E-state index contributed by atoms with van der Waals surface area (Å²) >= 11 is 9.30. The summed E-state index contributed by atoms with van der Waals surface area (Å²) < 4.78 is 6.58. The van der Waals surface area contributed by atoms with Crippen molar-refractivity contribution in [3.05, 3.63) is 51.7 Å². The monoisotopic (exact) mass is 297 g/mol. The maximum absolute atomic E-state index is 5.93. The minimum absolute atomic E-state index is 0.630. The zero-order valence-electron chi connectivity index (χ0n) is 8.58. The predicted octanol–water partition coefficient (Wildman–Crippen LogP) is 4.60. The van der Waals surface area contributed by atoms with E-state index in [1.165, 1.54) is 0 Å². The molecule has 2 rings (SSSR count). The molecule has 2 nitrogen and oxygen atoms in total. The van der Waals surface area contributed by atoms with Gasteiger partial charge in [0, 0.05) is 15.7 Å². The van der Waals surface area contributed by atoms with Crippen molar-refractivity contribution in [3.63, 3.8) is 0 Å². The predicted molar refractivity (Wildman–Crippen MR) is 68.2 cm³/mol. The summed E-state index contributed by atoms with van der Waals surface area (Å²) in [5, 5.41) is 0.630. The van der Waals surface area contributed by atoms with Gasteiger partial charge in [-0.2, -0.15) is 0 Å². The van der Waals surface area contributed by atoms with Gasteiger partial charge in [0.25, 0.3) is 0 Å². The van der Waals surface area contributed by atoms with Gasteiger partial charge in [0.1, 0.15) is 11.5 Å². The molecule has 0 aliphatic heterocycles. The summed E-state index contributed by atoms with van der Waals surface area (Å²) in [5.41, 5.74) is 1.03. The Kier molecular flexibility index (Phi) is 3.46. The molecular weight excluding hydrogens is 289 g/mol. The van der Waals surface area contributed by atoms with Crippen LogP contribution in [0, 0.1) is 6.92 Å². The average molecular weight is 299 g/mol. The lowest BCUT2D eigenvalue weighted by Gasteiger charge is -2.08. The van der Waals surface area contributed by atoms with Crippen molar-refractivity contribution in [2.24, 2.45) is 0 Å². The van der Waals surface area contributed by atoms with Gasteiger partial charge in [-0.15, -0.1) is 0 Å². The van der Waals surface area contributed by atoms with Gasteiger partial charge in [0.2, 0.25) is 0 Å². The zero-order valence-corrected chi connectivity index (χ0v) is 10.9. The summed E-state index contributed by atoms with van der Waals surface area (Å²) in [4.78, 5) is 4.02. The maximum Gasteiger partial charge on any atom is 0.148 e. The summed E-state index contributed by atoms with van der Waals surface area (Å²) in [5.74, 6) is 1.42. The second-order valence-corrected chi connectivity index (χ2v) is 4.70. The maximum atomic E-state index is 5.93. The van der Waals surface area contributed by atoms with Crippen molar-refractivity contribution >= 4 is 27.5 Å². The minimum atomic E-state index is 0.630. The van der Waals surface area contributed by atoms with Crippen molar-refractivity contribution in [3.8, 4) is 11.5 Å². The van der Waals surface area contributed by atoms with Gasteiger partial charge < -0.3 is 4.74 Å². The molecule has 0 bridgehead atoms. The van der Waals surface area contributed by atoms with E-state index in [2.05, 4.69) is 20.9 Å². The van der Waals surface area contributed by atoms with Crippen LogP contribution in [-0.4, -0.2) is 4.98 Å². The van der Waals surface area contributed by atoms with Gasteiger partial charge in [0.15, 0.2) is 0 Å². The fourth-order valence-corrected chi connectivity index (χ4v) is 2.10. The van der Waals surface area contributed by atoms with Crippen LogP contribution in [-0.2, 0) is 0 Å². The molecule has 0 N–H and O–H groups in total. The highest BCUT2D eigenvalue weighted by Gasteiger charge is 2.03. The molecule has 2 aromatic rings. The molecule has 0 fully saturated rings. The second kappa shape index (κ2) is 4.85. The van der Waals surface area contributed by atoms with E-state index < -0.39 is 0 Å². The number of ether oxygens (including phenoxy) is 1. The first-order chi connectivity index (χ1) is 7.65. The van der Waals surface area contributed by atoms with E-state index in [0.29, 0.717) is 10.8 Å². The quantitative estimate of drug-likeness (QED) is 0.808. The number of benzene rings is 1. The molecule has 1 heterocycles. The molecule has 0 atom stereocenters. The number of aromatic nitrogens is 1. The molecule has 0 radical (unpaired) electrons. The zero-order chi connectivity index (χ0) is 11.5. The normalized spacial score (nSPS) is 10.2. The van der Waals surface area contributed by atoms with Crippen LogP contribution in [0.5, 0.6) is 11.5 Å². The number of nitrogens with zero attached hydrogens (tertiary/aromatic N) is 1. The molecule has 0 saturated heterocycles. The van der Waals surface area contributed by atoms with E-state index in [9.17, 15) is 0 Å². The standard InChI is InChI=1S/C12H9BrClNO/c1-8-2-3-15-7-12(8)16-11-5-9(13)4-10(14)6-11/h2-7H,1H3. The number of rotatable bonds is 2. The summed E-state index contributed by atoms with van der Waals surface area (Å²) in [6.45, 7) is 1.97. The summed E-state index contributed by atoms with van der Waals surface area (Å²) in [6.07, 6.45) is 3.42. The largest absolute Gasteiger partial charge is 0.455 e. The van der Waals surface area contributed by atoms with E-state index in [4.69, 9.17) is 16.3 Å². The van der Waals surface area contributed by atoms with Crippen LogP contribution in [0.25, 0.3) is 0 Å². The van der Waals surface area contributed by atoms with E-state index in [-0.39, 0.29) is 0 Å². The number of aryl methyl sites for hydroxylation is 1. The molecule has 0 aliphatic rings. The van der Waals surface area contributed by atoms with Crippen LogP contribution in [0.3, 0.4) is 0 Å². The Morgan fingerprint density at radius 2 is 2.12 bits per heavy atom. The van der Waals surface area contributed by atoms with Gasteiger partial charge in [-0.05, 0) is 36.8 Å². The van der Waals surface area contributed by atoms with Crippen LogP contribution in [0.2, 0.25) is 5.02 Å². The molecule has 82 valence electrons. The number of hydrogen-bond acceptors (Lipinski definition) is 2. The van der Waals surface area contributed by atoms with Crippen LogP contribution in [0.4, 0.5) is 0 Å². The lowest BCUT2D eigenvalue weighted by atomic mass is 10.3. The third-order valence-electron chi connectivity index (χ3n) is 2.05. The Morgan fingerprint density at radius 3 is 2.81 bits per heavy atom. The highest BCUT2D eigenvalue weighted by Crippen LogP contribution is 2.29. The van der Waals surface area contributed by atoms with Crippen LogP contribution >= 0.6 is 27.5 Å². The second-order valence-electron chi connectivity index (χ2n) is 3.35. The van der Waals surface area contributed by atoms with Gasteiger partial charge in [-0.25, -0.2) is 0 Å². The molecule has 0 amide bonds. The Bertz CT molecular complexity index is 496. The Balaban J connectivity index is 2.30. The van der Waals surface area contributed by atoms with Crippen LogP contribution in [0.1, 0.15) is 5.56 Å². The van der Waals surface area contributed by atoms with Crippen molar-refractivity contribution in [1.29, 1.82) is 0 Å². The SMILES string of the molecule is Cc1ccncc1Oc1cc(Cl)cc(Br)c1. The van der Waals surface area contributed by atoms with E-state index in [1.807, 2.05) is 25.1 Å². The summed E-state index contributed by atoms with van der Waals surface area (Å²) in [6, 6.07) is 7.33. The third-order valence-corrected chi connectivity index (χ3v) is 2.73. The molecule has 0 saturated carbocycles. The molecule has 0 aliphatic carbocycles. The molecule has 1 aromatic heterocycles.